The van der Waals surface area contributed by atoms with E-state index in [2.05, 4.69) is 0 Å². The first kappa shape index (κ1) is 24.7. The third kappa shape index (κ3) is 13.0. The molecule has 8 nitrogen and oxygen atoms in total. The van der Waals surface area contributed by atoms with Crippen molar-refractivity contribution in [3.05, 3.63) is 28.2 Å². The molecule has 148 valence electrons. The molecule has 11 heteroatoms. The number of hydrogen-bond acceptors (Lipinski definition) is 5. The van der Waals surface area contributed by atoms with Gasteiger partial charge in [-0.25, -0.2) is 0 Å². The minimum atomic E-state index is -3.10. The van der Waals surface area contributed by atoms with E-state index in [0.717, 1.165) is 0 Å². The summed E-state index contributed by atoms with van der Waals surface area (Å²) in [4.78, 5) is 29.1. The first-order valence-electron chi connectivity index (χ1n) is 7.49. The van der Waals surface area contributed by atoms with Gasteiger partial charge in [-0.3, -0.25) is 14.2 Å². The summed E-state index contributed by atoms with van der Waals surface area (Å²) in [5.41, 5.74) is 5.09. The van der Waals surface area contributed by atoms with Gasteiger partial charge in [-0.2, -0.15) is 0 Å². The molecule has 0 fully saturated rings. The summed E-state index contributed by atoms with van der Waals surface area (Å²) in [7, 11) is -3.10. The summed E-state index contributed by atoms with van der Waals surface area (Å²) in [6.07, 6.45) is 0.541. The lowest BCUT2D eigenvalue weighted by Gasteiger charge is -2.07. The van der Waals surface area contributed by atoms with Crippen LogP contribution in [0, 0.1) is 0 Å². The molecule has 0 aliphatic heterocycles. The van der Waals surface area contributed by atoms with Gasteiger partial charge < -0.3 is 25.6 Å². The van der Waals surface area contributed by atoms with E-state index in [9.17, 15) is 14.2 Å². The zero-order valence-corrected chi connectivity index (χ0v) is 16.5. The molecule has 2 unspecified atom stereocenters. The van der Waals surface area contributed by atoms with Crippen molar-refractivity contribution in [3.63, 3.8) is 0 Å². The zero-order valence-electron chi connectivity index (χ0n) is 14.1. The lowest BCUT2D eigenvalue weighted by molar-refractivity contribution is -0.139. The highest BCUT2D eigenvalue weighted by molar-refractivity contribution is 7.57. The minimum absolute atomic E-state index is 0.0412. The highest BCUT2D eigenvalue weighted by Crippen LogP contribution is 2.35. The van der Waals surface area contributed by atoms with Crippen molar-refractivity contribution in [1.82, 2.24) is 0 Å². The zero-order chi connectivity index (χ0) is 20.3. The van der Waals surface area contributed by atoms with E-state index in [4.69, 9.17) is 48.8 Å². The maximum atomic E-state index is 10.6. The fourth-order valence-corrected chi connectivity index (χ4v) is 2.72. The largest absolute Gasteiger partial charge is 0.492 e. The third-order valence-electron chi connectivity index (χ3n) is 2.86. The molecule has 5 N–H and O–H groups in total. The molecule has 26 heavy (non-hydrogen) atoms. The van der Waals surface area contributed by atoms with Crippen molar-refractivity contribution in [2.75, 3.05) is 19.4 Å². The second kappa shape index (κ2) is 12.1. The molecule has 0 aromatic heterocycles. The third-order valence-corrected chi connectivity index (χ3v) is 4.48. The van der Waals surface area contributed by atoms with Crippen LogP contribution in [0.3, 0.4) is 0 Å². The highest BCUT2D eigenvalue weighted by atomic mass is 35.5. The molecule has 0 aliphatic carbocycles. The van der Waals surface area contributed by atoms with Crippen LogP contribution in [0.5, 0.6) is 5.75 Å². The van der Waals surface area contributed by atoms with Crippen molar-refractivity contribution < 1.29 is 34.0 Å². The number of rotatable bonds is 9. The van der Waals surface area contributed by atoms with Gasteiger partial charge in [0.15, 0.2) is 7.37 Å². The predicted octanol–water partition coefficient (Wildman–Crippen LogP) is 2.93. The molecule has 0 saturated heterocycles. The fourth-order valence-electron chi connectivity index (χ4n) is 1.50. The summed E-state index contributed by atoms with van der Waals surface area (Å²) in [5, 5.41) is 17.7. The van der Waals surface area contributed by atoms with E-state index in [0.29, 0.717) is 28.8 Å². The van der Waals surface area contributed by atoms with Gasteiger partial charge in [0.1, 0.15) is 11.8 Å². The van der Waals surface area contributed by atoms with Crippen molar-refractivity contribution in [2.45, 2.75) is 25.3 Å². The van der Waals surface area contributed by atoms with Gasteiger partial charge in [-0.15, -0.1) is 0 Å². The predicted molar refractivity (Wildman–Crippen MR) is 99.7 cm³/mol. The van der Waals surface area contributed by atoms with Crippen LogP contribution in [0.1, 0.15) is 19.3 Å². The molecule has 0 bridgehead atoms. The number of carboxylic acid groups (broad SMARTS) is 2. The average Bonchev–Trinajstić information content (AvgIpc) is 2.50. The van der Waals surface area contributed by atoms with Crippen LogP contribution in [-0.4, -0.2) is 52.5 Å². The van der Waals surface area contributed by atoms with Gasteiger partial charge in [0.25, 0.3) is 0 Å². The molecule has 0 aliphatic rings. The van der Waals surface area contributed by atoms with Crippen LogP contribution in [0.4, 0.5) is 0 Å². The molecular formula is C15H22Cl2NO7P. The Hall–Kier alpha value is -1.31. The van der Waals surface area contributed by atoms with Gasteiger partial charge in [-0.1, -0.05) is 23.2 Å². The molecule has 2 atom stereocenters. The van der Waals surface area contributed by atoms with Crippen LogP contribution < -0.4 is 10.5 Å². The summed E-state index contributed by atoms with van der Waals surface area (Å²) in [5.74, 6) is -1.45. The maximum absolute atomic E-state index is 10.6. The lowest BCUT2D eigenvalue weighted by Crippen LogP contribution is -2.30. The van der Waals surface area contributed by atoms with E-state index < -0.39 is 25.3 Å². The lowest BCUT2D eigenvalue weighted by atomic mass is 10.2. The number of halogens is 2. The normalized spacial score (nSPS) is 13.7. The van der Waals surface area contributed by atoms with Crippen LogP contribution >= 0.6 is 30.6 Å². The van der Waals surface area contributed by atoms with E-state index in [1.807, 2.05) is 0 Å². The van der Waals surface area contributed by atoms with Crippen molar-refractivity contribution in [3.8, 4) is 5.75 Å². The first-order chi connectivity index (χ1) is 11.9. The number of hydrogen-bond donors (Lipinski definition) is 4. The fraction of sp³-hybridized carbons (Fsp3) is 0.467. The number of ether oxygens (including phenoxy) is 1. The van der Waals surface area contributed by atoms with Crippen LogP contribution in [0.25, 0.3) is 0 Å². The Morgan fingerprint density at radius 1 is 1.31 bits per heavy atom. The summed E-state index contributed by atoms with van der Waals surface area (Å²) >= 11 is 11.5. The molecular weight excluding hydrogens is 408 g/mol. The summed E-state index contributed by atoms with van der Waals surface area (Å²) in [6, 6.07) is 3.87. The standard InChI is InChI=1S/C10H10Cl2O3.C5H12NO4P/c11-7-3-4-9(8(12)6-7)15-5-1-2-10(13)14;1-11(9,10)3-2-4(6)5(7)8/h3-4,6H,1-2,5H2,(H,13,14);4H,2-3,6H2,1H3,(H,7,8)(H,9,10). The Morgan fingerprint density at radius 3 is 2.38 bits per heavy atom. The maximum Gasteiger partial charge on any atom is 0.320 e. The van der Waals surface area contributed by atoms with Crippen molar-refractivity contribution >= 4 is 42.5 Å². The number of aliphatic carboxylic acids is 2. The Bertz CT molecular complexity index is 651. The topological polar surface area (TPSA) is 147 Å². The SMILES string of the molecule is CP(=O)(O)CCC(N)C(=O)O.O=C(O)CCCOc1ccc(Cl)cc1Cl. The second-order valence-corrected chi connectivity index (χ2v) is 8.82. The van der Waals surface area contributed by atoms with Gasteiger partial charge in [0.2, 0.25) is 0 Å². The Morgan fingerprint density at radius 2 is 1.92 bits per heavy atom. The molecule has 0 spiro atoms. The monoisotopic (exact) mass is 429 g/mol. The van der Waals surface area contributed by atoms with E-state index in [1.54, 1.807) is 18.2 Å². The molecule has 1 aromatic carbocycles. The molecule has 0 radical (unpaired) electrons. The van der Waals surface area contributed by atoms with Crippen molar-refractivity contribution in [1.29, 1.82) is 0 Å². The van der Waals surface area contributed by atoms with E-state index >= 15 is 0 Å². The Balaban J connectivity index is 0.000000508. The highest BCUT2D eigenvalue weighted by Gasteiger charge is 2.16. The van der Waals surface area contributed by atoms with E-state index in [1.165, 1.54) is 6.66 Å². The second-order valence-electron chi connectivity index (χ2n) is 5.43. The van der Waals surface area contributed by atoms with Crippen LogP contribution in [0.15, 0.2) is 18.2 Å². The minimum Gasteiger partial charge on any atom is -0.492 e. The quantitative estimate of drug-likeness (QED) is 0.345. The number of carboxylic acids is 2. The molecule has 0 amide bonds. The van der Waals surface area contributed by atoms with E-state index in [-0.39, 0.29) is 19.0 Å². The smallest absolute Gasteiger partial charge is 0.320 e. The van der Waals surface area contributed by atoms with Gasteiger partial charge in [-0.05, 0) is 31.0 Å². The molecule has 0 saturated carbocycles. The summed E-state index contributed by atoms with van der Waals surface area (Å²) in [6.45, 7) is 1.51. The number of carbonyl (C=O) groups is 2. The van der Waals surface area contributed by atoms with Gasteiger partial charge >= 0.3 is 11.9 Å². The van der Waals surface area contributed by atoms with Crippen LogP contribution in [-0.2, 0) is 14.2 Å². The molecule has 1 rings (SSSR count). The first-order valence-corrected chi connectivity index (χ1v) is 10.5. The Kier molecular flexibility index (Phi) is 11.5. The van der Waals surface area contributed by atoms with Crippen LogP contribution in [0.2, 0.25) is 10.0 Å². The van der Waals surface area contributed by atoms with Crippen molar-refractivity contribution in [2.24, 2.45) is 5.73 Å². The van der Waals surface area contributed by atoms with Gasteiger partial charge in [0.05, 0.1) is 11.6 Å². The number of nitrogens with two attached hydrogens (primary N) is 1. The summed E-state index contributed by atoms with van der Waals surface area (Å²) < 4.78 is 15.9. The molecule has 0 heterocycles. The molecule has 1 aromatic rings. The van der Waals surface area contributed by atoms with Gasteiger partial charge in [0, 0.05) is 24.3 Å². The number of benzene rings is 1. The Labute approximate surface area is 161 Å². The average molecular weight is 430 g/mol.